The van der Waals surface area contributed by atoms with Gasteiger partial charge in [0.2, 0.25) is 0 Å². The Morgan fingerprint density at radius 2 is 1.88 bits per heavy atom. The normalized spacial score (nSPS) is 13.4. The Bertz CT molecular complexity index is 381. The van der Waals surface area contributed by atoms with Gasteiger partial charge in [0, 0.05) is 6.54 Å². The highest BCUT2D eigenvalue weighted by Gasteiger charge is 2.30. The monoisotopic (exact) mass is 242 g/mol. The summed E-state index contributed by atoms with van der Waals surface area (Å²) in [5.74, 6) is -0.538. The lowest BCUT2D eigenvalue weighted by atomic mass is 10.0. The second kappa shape index (κ2) is 5.69. The lowest BCUT2D eigenvalue weighted by molar-refractivity contribution is -0.143. The smallest absolute Gasteiger partial charge is 0.296 e. The van der Waals surface area contributed by atoms with Crippen LogP contribution < -0.4 is 0 Å². The molecule has 0 aliphatic carbocycles. The van der Waals surface area contributed by atoms with E-state index in [1.165, 1.54) is 7.05 Å². The van der Waals surface area contributed by atoms with Gasteiger partial charge in [-0.1, -0.05) is 30.3 Å². The van der Waals surface area contributed by atoms with E-state index in [-0.39, 0.29) is 6.54 Å². The molecular weight excluding hydrogens is 229 g/mol. The molecule has 5 heteroatoms. The van der Waals surface area contributed by atoms with E-state index in [4.69, 9.17) is 5.26 Å². The first kappa shape index (κ1) is 13.5. The van der Waals surface area contributed by atoms with Crippen LogP contribution in [0.5, 0.6) is 0 Å². The van der Waals surface area contributed by atoms with E-state index in [9.17, 15) is 13.2 Å². The van der Waals surface area contributed by atoms with E-state index in [0.717, 1.165) is 10.5 Å². The quantitative estimate of drug-likeness (QED) is 0.811. The van der Waals surface area contributed by atoms with E-state index in [1.807, 2.05) is 6.07 Å². The molecule has 1 aromatic carbocycles. The molecule has 2 nitrogen and oxygen atoms in total. The molecule has 0 radical (unpaired) electrons. The van der Waals surface area contributed by atoms with Crippen molar-refractivity contribution in [1.82, 2.24) is 4.90 Å². The van der Waals surface area contributed by atoms with Crippen LogP contribution in [0.15, 0.2) is 30.3 Å². The molecule has 17 heavy (non-hydrogen) atoms. The van der Waals surface area contributed by atoms with Crippen LogP contribution in [0, 0.1) is 11.3 Å². The maximum Gasteiger partial charge on any atom is 0.401 e. The van der Waals surface area contributed by atoms with Crippen molar-refractivity contribution < 1.29 is 13.2 Å². The Morgan fingerprint density at radius 1 is 1.29 bits per heavy atom. The zero-order chi connectivity index (χ0) is 12.9. The van der Waals surface area contributed by atoms with E-state index in [2.05, 4.69) is 0 Å². The molecule has 0 amide bonds. The minimum atomic E-state index is -4.23. The molecule has 0 aromatic heterocycles. The van der Waals surface area contributed by atoms with Crippen molar-refractivity contribution >= 4 is 0 Å². The Hall–Kier alpha value is -1.54. The molecule has 92 valence electrons. The van der Waals surface area contributed by atoms with Crippen LogP contribution in [0.25, 0.3) is 0 Å². The third-order valence-corrected chi connectivity index (χ3v) is 2.30. The highest BCUT2D eigenvalue weighted by Crippen LogP contribution is 2.19. The molecular formula is C12H13F3N2. The lowest BCUT2D eigenvalue weighted by Gasteiger charge is -2.21. The number of benzene rings is 1. The maximum atomic E-state index is 12.1. The van der Waals surface area contributed by atoms with Gasteiger partial charge >= 0.3 is 6.18 Å². The molecule has 0 spiro atoms. The van der Waals surface area contributed by atoms with Crippen molar-refractivity contribution in [2.75, 3.05) is 20.1 Å². The number of nitriles is 1. The fourth-order valence-corrected chi connectivity index (χ4v) is 1.59. The van der Waals surface area contributed by atoms with Gasteiger partial charge in [0.15, 0.2) is 0 Å². The summed E-state index contributed by atoms with van der Waals surface area (Å²) in [6.07, 6.45) is -4.23. The predicted octanol–water partition coefficient (Wildman–Crippen LogP) is 2.79. The summed E-state index contributed by atoms with van der Waals surface area (Å²) in [7, 11) is 1.36. The van der Waals surface area contributed by atoms with Gasteiger partial charge in [-0.15, -0.1) is 0 Å². The molecule has 1 atom stereocenters. The van der Waals surface area contributed by atoms with E-state index in [1.54, 1.807) is 30.3 Å². The Kier molecular flexibility index (Phi) is 4.53. The zero-order valence-corrected chi connectivity index (χ0v) is 9.41. The fourth-order valence-electron chi connectivity index (χ4n) is 1.59. The van der Waals surface area contributed by atoms with Crippen LogP contribution >= 0.6 is 0 Å². The lowest BCUT2D eigenvalue weighted by Crippen LogP contribution is -2.33. The minimum Gasteiger partial charge on any atom is -0.296 e. The average Bonchev–Trinajstić information content (AvgIpc) is 2.24. The van der Waals surface area contributed by atoms with Crippen molar-refractivity contribution in [3.05, 3.63) is 35.9 Å². The first-order valence-corrected chi connectivity index (χ1v) is 5.12. The molecule has 0 fully saturated rings. The van der Waals surface area contributed by atoms with Crippen LogP contribution in [0.4, 0.5) is 13.2 Å². The number of hydrogen-bond acceptors (Lipinski definition) is 2. The van der Waals surface area contributed by atoms with Gasteiger partial charge in [-0.25, -0.2) is 0 Å². The minimum absolute atomic E-state index is 0.0695. The second-order valence-corrected chi connectivity index (χ2v) is 3.90. The van der Waals surface area contributed by atoms with Crippen molar-refractivity contribution in [1.29, 1.82) is 5.26 Å². The molecule has 0 aliphatic rings. The maximum absolute atomic E-state index is 12.1. The Labute approximate surface area is 98.3 Å². The average molecular weight is 242 g/mol. The summed E-state index contributed by atoms with van der Waals surface area (Å²) >= 11 is 0. The van der Waals surface area contributed by atoms with Crippen molar-refractivity contribution in [2.24, 2.45) is 0 Å². The predicted molar refractivity (Wildman–Crippen MR) is 58.3 cm³/mol. The first-order valence-electron chi connectivity index (χ1n) is 5.12. The van der Waals surface area contributed by atoms with Gasteiger partial charge in [-0.2, -0.15) is 18.4 Å². The van der Waals surface area contributed by atoms with Crippen molar-refractivity contribution in [3.63, 3.8) is 0 Å². The number of alkyl halides is 3. The summed E-state index contributed by atoms with van der Waals surface area (Å²) in [5, 5.41) is 8.97. The third kappa shape index (κ3) is 4.87. The summed E-state index contributed by atoms with van der Waals surface area (Å²) in [5.41, 5.74) is 0.740. The number of hydrogen-bond donors (Lipinski definition) is 0. The second-order valence-electron chi connectivity index (χ2n) is 3.90. The zero-order valence-electron chi connectivity index (χ0n) is 9.41. The molecule has 1 aromatic rings. The van der Waals surface area contributed by atoms with Gasteiger partial charge in [0.1, 0.15) is 0 Å². The summed E-state index contributed by atoms with van der Waals surface area (Å²) in [6, 6.07) is 10.9. The van der Waals surface area contributed by atoms with E-state index >= 15 is 0 Å². The van der Waals surface area contributed by atoms with Crippen molar-refractivity contribution in [3.8, 4) is 6.07 Å². The van der Waals surface area contributed by atoms with Crippen LogP contribution in [0.2, 0.25) is 0 Å². The first-order chi connectivity index (χ1) is 7.92. The number of likely N-dealkylation sites (N-methyl/N-ethyl adjacent to an activating group) is 1. The van der Waals surface area contributed by atoms with E-state index < -0.39 is 18.6 Å². The standard InChI is InChI=1S/C12H13F3N2/c1-17(9-12(13,14)15)8-11(7-16)10-5-3-2-4-6-10/h2-6,11H,8-9H2,1H3. The van der Waals surface area contributed by atoms with Gasteiger partial charge in [0.25, 0.3) is 0 Å². The van der Waals surface area contributed by atoms with Gasteiger partial charge in [-0.05, 0) is 12.6 Å². The summed E-state index contributed by atoms with van der Waals surface area (Å²) in [4.78, 5) is 1.11. The summed E-state index contributed by atoms with van der Waals surface area (Å²) < 4.78 is 36.4. The molecule has 0 saturated carbocycles. The molecule has 1 unspecified atom stereocenters. The SMILES string of the molecule is CN(CC(C#N)c1ccccc1)CC(F)(F)F. The van der Waals surface area contributed by atoms with Crippen LogP contribution in [0.3, 0.4) is 0 Å². The van der Waals surface area contributed by atoms with Gasteiger partial charge in [-0.3, -0.25) is 4.90 Å². The van der Waals surface area contributed by atoms with Gasteiger partial charge in [0.05, 0.1) is 18.5 Å². The van der Waals surface area contributed by atoms with Crippen LogP contribution in [0.1, 0.15) is 11.5 Å². The van der Waals surface area contributed by atoms with Crippen molar-refractivity contribution in [2.45, 2.75) is 12.1 Å². The van der Waals surface area contributed by atoms with Crippen LogP contribution in [-0.4, -0.2) is 31.2 Å². The Morgan fingerprint density at radius 3 is 2.35 bits per heavy atom. The largest absolute Gasteiger partial charge is 0.401 e. The number of rotatable bonds is 4. The molecule has 1 rings (SSSR count). The molecule has 0 N–H and O–H groups in total. The summed E-state index contributed by atoms with van der Waals surface area (Å²) in [6.45, 7) is -0.933. The molecule has 0 saturated heterocycles. The van der Waals surface area contributed by atoms with Gasteiger partial charge < -0.3 is 0 Å². The highest BCUT2D eigenvalue weighted by molar-refractivity contribution is 5.25. The van der Waals surface area contributed by atoms with Crippen LogP contribution in [-0.2, 0) is 0 Å². The molecule has 0 bridgehead atoms. The number of nitrogens with zero attached hydrogens (tertiary/aromatic N) is 2. The molecule has 0 aliphatic heterocycles. The highest BCUT2D eigenvalue weighted by atomic mass is 19.4. The third-order valence-electron chi connectivity index (χ3n) is 2.30. The fraction of sp³-hybridized carbons (Fsp3) is 0.417. The molecule has 0 heterocycles. The Balaban J connectivity index is 2.63. The topological polar surface area (TPSA) is 27.0 Å². The van der Waals surface area contributed by atoms with E-state index in [0.29, 0.717) is 0 Å². The number of halogens is 3.